The standard InChI is InChI=1S/C22H23ClN2O3/c1-14(26)24-12-11-21-18(19-13-17(23)9-10-20(19)25-21)4-2-3-15-5-7-16(8-6-15)22(27)28/h5-10,13,25H,2-4,11-12H2,1H3,(H,24,26)(H,27,28). The molecule has 0 bridgehead atoms. The van der Waals surface area contributed by atoms with Gasteiger partial charge in [-0.05, 0) is 60.7 Å². The minimum atomic E-state index is -0.911. The summed E-state index contributed by atoms with van der Waals surface area (Å²) in [6.07, 6.45) is 3.39. The van der Waals surface area contributed by atoms with Gasteiger partial charge in [-0.1, -0.05) is 23.7 Å². The molecule has 5 nitrogen and oxygen atoms in total. The summed E-state index contributed by atoms with van der Waals surface area (Å²) in [6.45, 7) is 2.10. The zero-order valence-corrected chi connectivity index (χ0v) is 16.5. The van der Waals surface area contributed by atoms with Crippen molar-refractivity contribution in [1.82, 2.24) is 10.3 Å². The Morgan fingerprint density at radius 2 is 1.82 bits per heavy atom. The molecule has 0 fully saturated rings. The second kappa shape index (κ2) is 8.93. The minimum Gasteiger partial charge on any atom is -0.478 e. The third-order valence-corrected chi connectivity index (χ3v) is 5.03. The zero-order valence-electron chi connectivity index (χ0n) is 15.7. The van der Waals surface area contributed by atoms with Crippen LogP contribution in [-0.4, -0.2) is 28.5 Å². The number of benzene rings is 2. The molecule has 146 valence electrons. The van der Waals surface area contributed by atoms with E-state index in [2.05, 4.69) is 10.3 Å². The SMILES string of the molecule is CC(=O)NCCc1[nH]c2ccc(Cl)cc2c1CCCc1ccc(C(=O)O)cc1. The molecule has 1 heterocycles. The van der Waals surface area contributed by atoms with Gasteiger partial charge in [0.2, 0.25) is 5.91 Å². The largest absolute Gasteiger partial charge is 0.478 e. The Balaban J connectivity index is 1.73. The number of rotatable bonds is 8. The van der Waals surface area contributed by atoms with Gasteiger partial charge in [0.1, 0.15) is 0 Å². The van der Waals surface area contributed by atoms with Crippen molar-refractivity contribution < 1.29 is 14.7 Å². The molecule has 0 radical (unpaired) electrons. The summed E-state index contributed by atoms with van der Waals surface area (Å²) in [5.74, 6) is -0.948. The maximum Gasteiger partial charge on any atom is 0.335 e. The van der Waals surface area contributed by atoms with E-state index in [0.29, 0.717) is 17.1 Å². The van der Waals surface area contributed by atoms with Crippen LogP contribution in [0.2, 0.25) is 5.02 Å². The summed E-state index contributed by atoms with van der Waals surface area (Å²) in [4.78, 5) is 25.6. The van der Waals surface area contributed by atoms with E-state index in [0.717, 1.165) is 47.8 Å². The minimum absolute atomic E-state index is 0.0366. The van der Waals surface area contributed by atoms with Gasteiger partial charge in [0, 0.05) is 41.5 Å². The van der Waals surface area contributed by atoms with Crippen LogP contribution in [-0.2, 0) is 24.1 Å². The first-order chi connectivity index (χ1) is 13.4. The predicted octanol–water partition coefficient (Wildman–Crippen LogP) is 4.37. The van der Waals surface area contributed by atoms with Crippen molar-refractivity contribution in [1.29, 1.82) is 0 Å². The fourth-order valence-corrected chi connectivity index (χ4v) is 3.59. The van der Waals surface area contributed by atoms with E-state index in [1.165, 1.54) is 12.5 Å². The number of aryl methyl sites for hydroxylation is 2. The summed E-state index contributed by atoms with van der Waals surface area (Å²) >= 11 is 6.20. The lowest BCUT2D eigenvalue weighted by molar-refractivity contribution is -0.118. The molecule has 3 aromatic rings. The van der Waals surface area contributed by atoms with E-state index >= 15 is 0 Å². The van der Waals surface area contributed by atoms with Crippen molar-refractivity contribution >= 4 is 34.4 Å². The molecule has 1 aromatic heterocycles. The highest BCUT2D eigenvalue weighted by Gasteiger charge is 2.12. The van der Waals surface area contributed by atoms with Crippen molar-refractivity contribution in [2.75, 3.05) is 6.54 Å². The number of hydrogen-bond acceptors (Lipinski definition) is 2. The van der Waals surface area contributed by atoms with Gasteiger partial charge in [0.05, 0.1) is 5.56 Å². The fraction of sp³-hybridized carbons (Fsp3) is 0.273. The highest BCUT2D eigenvalue weighted by atomic mass is 35.5. The number of hydrogen-bond donors (Lipinski definition) is 3. The number of nitrogens with one attached hydrogen (secondary N) is 2. The number of aromatic nitrogens is 1. The van der Waals surface area contributed by atoms with Crippen LogP contribution in [0.15, 0.2) is 42.5 Å². The van der Waals surface area contributed by atoms with Crippen LogP contribution in [0.3, 0.4) is 0 Å². The lowest BCUT2D eigenvalue weighted by Crippen LogP contribution is -2.22. The van der Waals surface area contributed by atoms with E-state index in [9.17, 15) is 9.59 Å². The monoisotopic (exact) mass is 398 g/mol. The smallest absolute Gasteiger partial charge is 0.335 e. The first-order valence-electron chi connectivity index (χ1n) is 9.29. The number of halogens is 1. The molecule has 0 aliphatic heterocycles. The van der Waals surface area contributed by atoms with E-state index < -0.39 is 5.97 Å². The summed E-state index contributed by atoms with van der Waals surface area (Å²) in [6, 6.07) is 12.8. The Labute approximate surface area is 168 Å². The highest BCUT2D eigenvalue weighted by Crippen LogP contribution is 2.27. The number of carbonyl (C=O) groups excluding carboxylic acids is 1. The zero-order chi connectivity index (χ0) is 20.1. The van der Waals surface area contributed by atoms with Crippen molar-refractivity contribution in [3.63, 3.8) is 0 Å². The highest BCUT2D eigenvalue weighted by molar-refractivity contribution is 6.31. The molecule has 0 spiro atoms. The molecule has 1 amide bonds. The third kappa shape index (κ3) is 4.93. The van der Waals surface area contributed by atoms with Gasteiger partial charge in [0.15, 0.2) is 0 Å². The Bertz CT molecular complexity index is 993. The van der Waals surface area contributed by atoms with Gasteiger partial charge in [-0.15, -0.1) is 0 Å². The molecule has 0 aliphatic rings. The second-order valence-corrected chi connectivity index (χ2v) is 7.30. The fourth-order valence-electron chi connectivity index (χ4n) is 3.42. The molecule has 0 unspecified atom stereocenters. The van der Waals surface area contributed by atoms with Crippen LogP contribution >= 0.6 is 11.6 Å². The van der Waals surface area contributed by atoms with E-state index in [1.54, 1.807) is 12.1 Å². The van der Waals surface area contributed by atoms with Crippen LogP contribution in [0, 0.1) is 0 Å². The first kappa shape index (κ1) is 20.0. The maximum atomic E-state index is 11.2. The summed E-state index contributed by atoms with van der Waals surface area (Å²) in [5, 5.41) is 13.7. The third-order valence-electron chi connectivity index (χ3n) is 4.80. The molecule has 3 rings (SSSR count). The molecular weight excluding hydrogens is 376 g/mol. The lowest BCUT2D eigenvalue weighted by atomic mass is 10.00. The summed E-state index contributed by atoms with van der Waals surface area (Å²) < 4.78 is 0. The summed E-state index contributed by atoms with van der Waals surface area (Å²) in [7, 11) is 0. The van der Waals surface area contributed by atoms with Crippen molar-refractivity contribution in [3.05, 3.63) is 69.9 Å². The van der Waals surface area contributed by atoms with Gasteiger partial charge in [-0.25, -0.2) is 4.79 Å². The van der Waals surface area contributed by atoms with Crippen LogP contribution in [0.5, 0.6) is 0 Å². The molecule has 0 atom stereocenters. The molecule has 6 heteroatoms. The number of carboxylic acids is 1. The van der Waals surface area contributed by atoms with Crippen molar-refractivity contribution in [3.8, 4) is 0 Å². The van der Waals surface area contributed by atoms with Crippen LogP contribution in [0.4, 0.5) is 0 Å². The van der Waals surface area contributed by atoms with Gasteiger partial charge < -0.3 is 15.4 Å². The van der Waals surface area contributed by atoms with Gasteiger partial charge in [0.25, 0.3) is 0 Å². The Morgan fingerprint density at radius 1 is 1.07 bits per heavy atom. The van der Waals surface area contributed by atoms with E-state index in [4.69, 9.17) is 16.7 Å². The van der Waals surface area contributed by atoms with Crippen LogP contribution in [0.25, 0.3) is 10.9 Å². The van der Waals surface area contributed by atoms with Crippen molar-refractivity contribution in [2.45, 2.75) is 32.6 Å². The van der Waals surface area contributed by atoms with Gasteiger partial charge >= 0.3 is 5.97 Å². The number of fused-ring (bicyclic) bond motifs is 1. The number of aromatic carboxylic acids is 1. The molecule has 0 saturated carbocycles. The number of H-pyrrole nitrogens is 1. The van der Waals surface area contributed by atoms with Gasteiger partial charge in [-0.2, -0.15) is 0 Å². The molecular formula is C22H23ClN2O3. The number of carboxylic acid groups (broad SMARTS) is 1. The maximum absolute atomic E-state index is 11.2. The molecule has 2 aromatic carbocycles. The molecule has 3 N–H and O–H groups in total. The normalized spacial score (nSPS) is 10.9. The Kier molecular flexibility index (Phi) is 6.37. The number of amides is 1. The Hall–Kier alpha value is -2.79. The lowest BCUT2D eigenvalue weighted by Gasteiger charge is -2.07. The van der Waals surface area contributed by atoms with E-state index in [1.807, 2.05) is 30.3 Å². The average Bonchev–Trinajstić information content (AvgIpc) is 2.99. The molecule has 0 aliphatic carbocycles. The second-order valence-electron chi connectivity index (χ2n) is 6.86. The summed E-state index contributed by atoms with van der Waals surface area (Å²) in [5.41, 5.74) is 4.80. The topological polar surface area (TPSA) is 82.2 Å². The quantitative estimate of drug-likeness (QED) is 0.526. The Morgan fingerprint density at radius 3 is 2.50 bits per heavy atom. The molecule has 0 saturated heterocycles. The van der Waals surface area contributed by atoms with Crippen LogP contribution in [0.1, 0.15) is 40.5 Å². The van der Waals surface area contributed by atoms with Crippen LogP contribution < -0.4 is 5.32 Å². The number of carbonyl (C=O) groups is 2. The van der Waals surface area contributed by atoms with E-state index in [-0.39, 0.29) is 5.91 Å². The van der Waals surface area contributed by atoms with Gasteiger partial charge in [-0.3, -0.25) is 4.79 Å². The van der Waals surface area contributed by atoms with Crippen molar-refractivity contribution in [2.24, 2.45) is 0 Å². The molecule has 28 heavy (non-hydrogen) atoms. The average molecular weight is 399 g/mol. The first-order valence-corrected chi connectivity index (χ1v) is 9.67. The predicted molar refractivity (Wildman–Crippen MR) is 111 cm³/mol. The number of aromatic amines is 1.